The van der Waals surface area contributed by atoms with Gasteiger partial charge in [-0.2, -0.15) is 0 Å². The van der Waals surface area contributed by atoms with E-state index in [0.29, 0.717) is 0 Å². The number of hydrogen-bond donors (Lipinski definition) is 0. The molecule has 1 nitrogen and oxygen atoms in total. The zero-order valence-electron chi connectivity index (χ0n) is 6.81. The molecule has 0 aliphatic rings. The largest absolute Gasteiger partial charge is 0.385 e. The fourth-order valence-electron chi connectivity index (χ4n) is 0.803. The van der Waals surface area contributed by atoms with Crippen molar-refractivity contribution in [2.45, 2.75) is 25.7 Å². The van der Waals surface area contributed by atoms with Gasteiger partial charge >= 0.3 is 0 Å². The van der Waals surface area contributed by atoms with Crippen LogP contribution in [0.1, 0.15) is 25.7 Å². The highest BCUT2D eigenvalue weighted by atomic mass is 16.5. The van der Waals surface area contributed by atoms with Gasteiger partial charge < -0.3 is 4.74 Å². The molecule has 10 heavy (non-hydrogen) atoms. The highest BCUT2D eigenvalue weighted by Gasteiger charge is 1.85. The monoisotopic (exact) mass is 141 g/mol. The van der Waals surface area contributed by atoms with E-state index in [2.05, 4.69) is 13.0 Å². The third-order valence-corrected chi connectivity index (χ3v) is 1.39. The van der Waals surface area contributed by atoms with Crippen molar-refractivity contribution < 1.29 is 4.74 Å². The lowest BCUT2D eigenvalue weighted by Crippen LogP contribution is -1.87. The predicted octanol–water partition coefficient (Wildman–Crippen LogP) is 2.58. The fraction of sp³-hybridized carbons (Fsp3) is 0.667. The Bertz CT molecular complexity index is 76.8. The Morgan fingerprint density at radius 2 is 2.10 bits per heavy atom. The molecule has 0 aromatic heterocycles. The van der Waals surface area contributed by atoms with Gasteiger partial charge in [-0.15, -0.1) is 0 Å². The van der Waals surface area contributed by atoms with Gasteiger partial charge in [-0.05, 0) is 26.2 Å². The Labute approximate surface area is 64.1 Å². The summed E-state index contributed by atoms with van der Waals surface area (Å²) in [6, 6.07) is 0. The first-order valence-corrected chi connectivity index (χ1v) is 3.85. The van der Waals surface area contributed by atoms with Crippen molar-refractivity contribution in [3.8, 4) is 0 Å². The minimum Gasteiger partial charge on any atom is -0.385 e. The van der Waals surface area contributed by atoms with Crippen LogP contribution in [0.2, 0.25) is 0 Å². The van der Waals surface area contributed by atoms with Gasteiger partial charge in [-0.3, -0.25) is 0 Å². The van der Waals surface area contributed by atoms with Crippen LogP contribution in [-0.2, 0) is 4.74 Å². The molecule has 0 rings (SSSR count). The van der Waals surface area contributed by atoms with Gasteiger partial charge in [-0.25, -0.2) is 0 Å². The molecule has 0 unspecified atom stereocenters. The third-order valence-electron chi connectivity index (χ3n) is 1.39. The predicted molar refractivity (Wildman–Crippen MR) is 44.8 cm³/mol. The number of ether oxygens (including phenoxy) is 1. The number of rotatable bonds is 6. The van der Waals surface area contributed by atoms with E-state index in [0.717, 1.165) is 13.0 Å². The molecule has 0 amide bonds. The van der Waals surface area contributed by atoms with Gasteiger partial charge in [-0.1, -0.05) is 18.6 Å². The molecule has 0 fully saturated rings. The first kappa shape index (κ1) is 9.70. The maximum absolute atomic E-state index is 4.92. The van der Waals surface area contributed by atoms with Gasteiger partial charge in [0.1, 0.15) is 0 Å². The first-order valence-electron chi connectivity index (χ1n) is 3.85. The van der Waals surface area contributed by atoms with Crippen LogP contribution in [0.5, 0.6) is 0 Å². The average molecular weight is 141 g/mol. The van der Waals surface area contributed by atoms with Crippen LogP contribution in [0, 0.1) is 6.92 Å². The Morgan fingerprint density at radius 3 is 2.70 bits per heavy atom. The second-order valence-electron chi connectivity index (χ2n) is 2.31. The van der Waals surface area contributed by atoms with E-state index in [1.54, 1.807) is 7.11 Å². The Kier molecular flexibility index (Phi) is 8.44. The van der Waals surface area contributed by atoms with Gasteiger partial charge in [0, 0.05) is 13.7 Å². The van der Waals surface area contributed by atoms with E-state index in [1.165, 1.54) is 19.3 Å². The molecule has 0 heterocycles. The first-order chi connectivity index (χ1) is 4.91. The molecule has 0 aromatic carbocycles. The summed E-state index contributed by atoms with van der Waals surface area (Å²) in [5.41, 5.74) is 0. The molecule has 1 heteroatoms. The molecular weight excluding hydrogens is 124 g/mol. The number of allylic oxidation sites excluding steroid dienone is 2. The van der Waals surface area contributed by atoms with Crippen molar-refractivity contribution >= 4 is 0 Å². The second-order valence-corrected chi connectivity index (χ2v) is 2.31. The topological polar surface area (TPSA) is 9.23 Å². The molecule has 0 saturated carbocycles. The standard InChI is InChI=1S/C9H17O/c1-3-4-5-6-7-8-9-10-2/h3-4H,1,5-9H2,2H3. The molecule has 0 bridgehead atoms. The summed E-state index contributed by atoms with van der Waals surface area (Å²) in [7, 11) is 1.75. The van der Waals surface area contributed by atoms with Crippen molar-refractivity contribution in [3.05, 3.63) is 19.1 Å². The van der Waals surface area contributed by atoms with E-state index in [1.807, 2.05) is 6.08 Å². The Morgan fingerprint density at radius 1 is 1.30 bits per heavy atom. The van der Waals surface area contributed by atoms with Crippen LogP contribution >= 0.6 is 0 Å². The lowest BCUT2D eigenvalue weighted by molar-refractivity contribution is 0.192. The Hall–Kier alpha value is -0.300. The summed E-state index contributed by atoms with van der Waals surface area (Å²) < 4.78 is 4.92. The van der Waals surface area contributed by atoms with E-state index in [9.17, 15) is 0 Å². The average Bonchev–Trinajstić information content (AvgIpc) is 1.97. The summed E-state index contributed by atoms with van der Waals surface area (Å²) in [5.74, 6) is 0. The third kappa shape index (κ3) is 7.70. The van der Waals surface area contributed by atoms with E-state index in [-0.39, 0.29) is 0 Å². The molecule has 0 saturated heterocycles. The molecule has 59 valence electrons. The van der Waals surface area contributed by atoms with Gasteiger partial charge in [0.05, 0.1) is 0 Å². The fourth-order valence-corrected chi connectivity index (χ4v) is 0.803. The van der Waals surface area contributed by atoms with E-state index < -0.39 is 0 Å². The van der Waals surface area contributed by atoms with Gasteiger partial charge in [0.2, 0.25) is 0 Å². The quantitative estimate of drug-likeness (QED) is 0.516. The SMILES string of the molecule is [CH2]C=CCCCCCOC. The van der Waals surface area contributed by atoms with E-state index in [4.69, 9.17) is 4.74 Å². The smallest absolute Gasteiger partial charge is 0.0462 e. The van der Waals surface area contributed by atoms with Crippen LogP contribution in [0.15, 0.2) is 12.2 Å². The minimum absolute atomic E-state index is 0.897. The maximum Gasteiger partial charge on any atom is 0.0462 e. The molecule has 1 radical (unpaired) electrons. The van der Waals surface area contributed by atoms with Crippen molar-refractivity contribution in [1.82, 2.24) is 0 Å². The normalized spacial score (nSPS) is 11.0. The molecule has 0 atom stereocenters. The van der Waals surface area contributed by atoms with Crippen LogP contribution in [-0.4, -0.2) is 13.7 Å². The van der Waals surface area contributed by atoms with Crippen LogP contribution in [0.25, 0.3) is 0 Å². The lowest BCUT2D eigenvalue weighted by atomic mass is 10.2. The van der Waals surface area contributed by atoms with Crippen LogP contribution < -0.4 is 0 Å². The van der Waals surface area contributed by atoms with Gasteiger partial charge in [0.25, 0.3) is 0 Å². The number of hydrogen-bond acceptors (Lipinski definition) is 1. The number of methoxy groups -OCH3 is 1. The Balaban J connectivity index is 2.77. The second kappa shape index (κ2) is 8.70. The summed E-state index contributed by atoms with van der Waals surface area (Å²) in [5, 5.41) is 0. The van der Waals surface area contributed by atoms with Crippen LogP contribution in [0.3, 0.4) is 0 Å². The van der Waals surface area contributed by atoms with Crippen molar-refractivity contribution in [2.75, 3.05) is 13.7 Å². The van der Waals surface area contributed by atoms with E-state index >= 15 is 0 Å². The summed E-state index contributed by atoms with van der Waals surface area (Å²) in [6.07, 6.45) is 8.82. The number of unbranched alkanes of at least 4 members (excludes halogenated alkanes) is 3. The molecule has 0 aliphatic heterocycles. The molecule has 0 aliphatic carbocycles. The van der Waals surface area contributed by atoms with Crippen molar-refractivity contribution in [1.29, 1.82) is 0 Å². The maximum atomic E-state index is 4.92. The van der Waals surface area contributed by atoms with Crippen LogP contribution in [0.4, 0.5) is 0 Å². The van der Waals surface area contributed by atoms with Crippen molar-refractivity contribution in [3.63, 3.8) is 0 Å². The molecule has 0 N–H and O–H groups in total. The zero-order chi connectivity index (χ0) is 7.66. The lowest BCUT2D eigenvalue weighted by Gasteiger charge is -1.96. The highest BCUT2D eigenvalue weighted by Crippen LogP contribution is 1.99. The summed E-state index contributed by atoms with van der Waals surface area (Å²) >= 11 is 0. The van der Waals surface area contributed by atoms with Crippen molar-refractivity contribution in [2.24, 2.45) is 0 Å². The summed E-state index contributed by atoms with van der Waals surface area (Å²) in [4.78, 5) is 0. The minimum atomic E-state index is 0.897. The molecule has 0 spiro atoms. The van der Waals surface area contributed by atoms with Gasteiger partial charge in [0.15, 0.2) is 0 Å². The zero-order valence-corrected chi connectivity index (χ0v) is 6.81. The molecule has 0 aromatic rings. The summed E-state index contributed by atoms with van der Waals surface area (Å²) in [6.45, 7) is 4.51. The molecular formula is C9H17O. The highest BCUT2D eigenvalue weighted by molar-refractivity contribution is 4.83.